The summed E-state index contributed by atoms with van der Waals surface area (Å²) in [5, 5.41) is 46.2. The van der Waals surface area contributed by atoms with E-state index in [0.29, 0.717) is 0 Å². The molecule has 14 heteroatoms. The quantitative estimate of drug-likeness (QED) is 0.231. The maximum Gasteiger partial charge on any atom is 2.00 e. The molecule has 0 amide bonds. The number of hydrogen-bond acceptors (Lipinski definition) is 9. The molecule has 0 rings (SSSR count). The molecule has 0 saturated carbocycles. The number of carbonyl (C=O) groups is 1. The van der Waals surface area contributed by atoms with Crippen molar-refractivity contribution in [3.05, 3.63) is 30.6 Å². The van der Waals surface area contributed by atoms with Crippen LogP contribution < -0.4 is 113 Å². The monoisotopic (exact) mass is 350 g/mol. The standard InChI is InChI=1S/CH2O3.2K.2NO3.Sr/c2-1(3)4;;;2*2-1(3)4;/h(H2,2,3,4);;;;;/q;2*+1;2*-1;+2/p-2. The topological polar surface area (TPSA) is 196 Å². The molecule has 72 valence electrons. The van der Waals surface area contributed by atoms with E-state index in [-0.39, 0.29) is 148 Å². The van der Waals surface area contributed by atoms with E-state index >= 15 is 0 Å². The number of rotatable bonds is 0. The van der Waals surface area contributed by atoms with Crippen LogP contribution in [0.1, 0.15) is 0 Å². The smallest absolute Gasteiger partial charge is 0.652 e. The summed E-state index contributed by atoms with van der Waals surface area (Å²) < 4.78 is 0. The van der Waals surface area contributed by atoms with Gasteiger partial charge in [0.25, 0.3) is 0 Å². The SMILES string of the molecule is O=C([O-])[O-].O=[N+]([O-])[O-].O=[N+]([O-])[O-].[K+].[K+].[Sr+2]. The summed E-state index contributed by atoms with van der Waals surface area (Å²) in [7, 11) is 0. The summed E-state index contributed by atoms with van der Waals surface area (Å²) in [6, 6.07) is 0. The van der Waals surface area contributed by atoms with Crippen LogP contribution in [0.15, 0.2) is 0 Å². The largest absolute Gasteiger partial charge is 2.00 e. The van der Waals surface area contributed by atoms with E-state index in [9.17, 15) is 0 Å². The van der Waals surface area contributed by atoms with E-state index in [1.165, 1.54) is 0 Å². The molecule has 0 saturated heterocycles. The van der Waals surface area contributed by atoms with Gasteiger partial charge < -0.3 is 45.7 Å². The van der Waals surface area contributed by atoms with Crippen molar-refractivity contribution < 1.29 is 128 Å². The fraction of sp³-hybridized carbons (Fsp3) is 0. The van der Waals surface area contributed by atoms with Crippen molar-refractivity contribution in [2.45, 2.75) is 0 Å². The van der Waals surface area contributed by atoms with Crippen molar-refractivity contribution in [1.29, 1.82) is 0 Å². The Morgan fingerprint density at radius 2 is 0.800 bits per heavy atom. The first-order valence-corrected chi connectivity index (χ1v) is 1.71. The van der Waals surface area contributed by atoms with Crippen LogP contribution >= 0.6 is 0 Å². The first-order valence-electron chi connectivity index (χ1n) is 1.71. The number of hydrogen-bond donors (Lipinski definition) is 0. The van der Waals surface area contributed by atoms with Gasteiger partial charge in [-0.1, -0.05) is 0 Å². The molecule has 0 spiro atoms. The molecule has 0 aromatic rings. The molecule has 0 radical (unpaired) electrons. The Hall–Kier alpha value is 2.42. The first-order chi connectivity index (χ1) is 5.20. The van der Waals surface area contributed by atoms with Crippen molar-refractivity contribution in [3.63, 3.8) is 0 Å². The predicted octanol–water partition coefficient (Wildman–Crippen LogP) is -9.30. The predicted molar refractivity (Wildman–Crippen MR) is 31.9 cm³/mol. The van der Waals surface area contributed by atoms with Crippen molar-refractivity contribution in [1.82, 2.24) is 0 Å². The van der Waals surface area contributed by atoms with Gasteiger partial charge >= 0.3 is 148 Å². The molecule has 0 aromatic heterocycles. The second-order valence-electron chi connectivity index (χ2n) is 0.697. The van der Waals surface area contributed by atoms with Gasteiger partial charge in [0.2, 0.25) is 0 Å². The molecule has 0 aromatic carbocycles. The zero-order valence-corrected chi connectivity index (χ0v) is 17.5. The minimum atomic E-state index is -2.33. The normalized spacial score (nSPS) is 4.80. The fourth-order valence-corrected chi connectivity index (χ4v) is 0. The Morgan fingerprint density at radius 1 is 0.800 bits per heavy atom. The minimum absolute atomic E-state index is 0. The van der Waals surface area contributed by atoms with Crippen LogP contribution in [-0.4, -0.2) is 61.8 Å². The molecule has 11 nitrogen and oxygen atoms in total. The Kier molecular flexibility index (Phi) is 71.9. The summed E-state index contributed by atoms with van der Waals surface area (Å²) in [5.74, 6) is 0. The van der Waals surface area contributed by atoms with Crippen LogP contribution in [0.2, 0.25) is 0 Å². The molecule has 0 aliphatic rings. The number of nitrogens with zero attached hydrogens (tertiary/aromatic N) is 2. The molecular formula is CK2N2O9Sr. The Bertz CT molecular complexity index is 124. The van der Waals surface area contributed by atoms with Crippen molar-refractivity contribution >= 4 is 51.6 Å². The van der Waals surface area contributed by atoms with E-state index in [1.807, 2.05) is 0 Å². The Labute approximate surface area is 205 Å². The summed E-state index contributed by atoms with van der Waals surface area (Å²) in [6.45, 7) is 0. The van der Waals surface area contributed by atoms with Crippen LogP contribution in [0.4, 0.5) is 4.79 Å². The molecular weight excluding hydrogens is 350 g/mol. The van der Waals surface area contributed by atoms with Crippen LogP contribution in [0.5, 0.6) is 0 Å². The van der Waals surface area contributed by atoms with E-state index in [2.05, 4.69) is 0 Å². The van der Waals surface area contributed by atoms with E-state index in [1.54, 1.807) is 0 Å². The Morgan fingerprint density at radius 3 is 0.800 bits per heavy atom. The van der Waals surface area contributed by atoms with Gasteiger partial charge in [-0.2, -0.15) is 0 Å². The van der Waals surface area contributed by atoms with Gasteiger partial charge in [0.05, 0.1) is 10.2 Å². The average molecular weight is 350 g/mol. The number of carbonyl (C=O) groups excluding carboxylic acids is 1. The first kappa shape index (κ1) is 36.0. The molecule has 0 fully saturated rings. The van der Waals surface area contributed by atoms with Crippen LogP contribution in [0.3, 0.4) is 0 Å². The van der Waals surface area contributed by atoms with Gasteiger partial charge in [0.15, 0.2) is 0 Å². The van der Waals surface area contributed by atoms with Crippen molar-refractivity contribution in [3.8, 4) is 0 Å². The third-order valence-corrected chi connectivity index (χ3v) is 0. The zero-order chi connectivity index (χ0) is 10.7. The summed E-state index contributed by atoms with van der Waals surface area (Å²) in [4.78, 5) is 24.8. The summed E-state index contributed by atoms with van der Waals surface area (Å²) >= 11 is 0. The van der Waals surface area contributed by atoms with Gasteiger partial charge in [-0.3, -0.25) is 0 Å². The van der Waals surface area contributed by atoms with Crippen LogP contribution in [0, 0.1) is 30.6 Å². The van der Waals surface area contributed by atoms with Crippen LogP contribution in [0.25, 0.3) is 0 Å². The Balaban J connectivity index is -0.0000000184. The molecule has 0 bridgehead atoms. The van der Waals surface area contributed by atoms with Gasteiger partial charge in [-0.25, -0.2) is 0 Å². The zero-order valence-electron chi connectivity index (χ0n) is 7.78. The molecule has 0 aliphatic heterocycles. The van der Waals surface area contributed by atoms with Gasteiger partial charge in [0, 0.05) is 0 Å². The molecule has 0 N–H and O–H groups in total. The van der Waals surface area contributed by atoms with E-state index in [4.69, 9.17) is 45.7 Å². The second kappa shape index (κ2) is 29.9. The average Bonchev–Trinajstić information content (AvgIpc) is 1.54. The molecule has 0 aliphatic carbocycles. The third kappa shape index (κ3) is 582. The maximum atomic E-state index is 8.33. The van der Waals surface area contributed by atoms with Gasteiger partial charge in [-0.05, 0) is 6.16 Å². The minimum Gasteiger partial charge on any atom is -0.652 e. The van der Waals surface area contributed by atoms with E-state index in [0.717, 1.165) is 0 Å². The fourth-order valence-electron chi connectivity index (χ4n) is 0. The second-order valence-corrected chi connectivity index (χ2v) is 0.697. The molecule has 0 atom stereocenters. The molecule has 0 heterocycles. The molecule has 0 unspecified atom stereocenters. The van der Waals surface area contributed by atoms with E-state index < -0.39 is 16.3 Å². The number of carboxylic acid groups (broad SMARTS) is 2. The third-order valence-electron chi connectivity index (χ3n) is 0. The molecule has 15 heavy (non-hydrogen) atoms. The van der Waals surface area contributed by atoms with Crippen molar-refractivity contribution in [2.75, 3.05) is 0 Å². The van der Waals surface area contributed by atoms with Gasteiger partial charge in [-0.15, -0.1) is 0 Å². The van der Waals surface area contributed by atoms with Crippen LogP contribution in [-0.2, 0) is 0 Å². The maximum absolute atomic E-state index is 8.33. The summed E-state index contributed by atoms with van der Waals surface area (Å²) in [6.07, 6.45) is -2.33. The summed E-state index contributed by atoms with van der Waals surface area (Å²) in [5.41, 5.74) is 0. The van der Waals surface area contributed by atoms with Crippen molar-refractivity contribution in [2.24, 2.45) is 0 Å². The van der Waals surface area contributed by atoms with Gasteiger partial charge in [0.1, 0.15) is 0 Å².